The van der Waals surface area contributed by atoms with Gasteiger partial charge in [0.1, 0.15) is 18.2 Å². The second kappa shape index (κ2) is 9.15. The summed E-state index contributed by atoms with van der Waals surface area (Å²) >= 11 is 0. The van der Waals surface area contributed by atoms with Crippen molar-refractivity contribution in [2.45, 2.75) is 26.0 Å². The zero-order valence-corrected chi connectivity index (χ0v) is 17.8. The maximum Gasteiger partial charge on any atom is 0.123 e. The minimum Gasteiger partial charge on any atom is -0.758 e. The number of fused-ring (bicyclic) bond motifs is 1. The summed E-state index contributed by atoms with van der Waals surface area (Å²) in [4.78, 5) is 0. The zero-order valence-electron chi connectivity index (χ0n) is 17.8. The van der Waals surface area contributed by atoms with Crippen LogP contribution in [0.1, 0.15) is 35.1 Å². The Morgan fingerprint density at radius 2 is 1.72 bits per heavy atom. The zero-order chi connectivity index (χ0) is 21.9. The van der Waals surface area contributed by atoms with Gasteiger partial charge in [-0.15, -0.1) is 0 Å². The molecule has 2 heterocycles. The largest absolute Gasteiger partial charge is 0.758 e. The maximum absolute atomic E-state index is 13.6. The summed E-state index contributed by atoms with van der Waals surface area (Å²) < 4.78 is 25.1. The van der Waals surface area contributed by atoms with E-state index < -0.39 is 0 Å². The normalized spacial score (nSPS) is 16.8. The number of hydrogen-bond donors (Lipinski definition) is 0. The number of hydroxylamine groups is 2. The van der Waals surface area contributed by atoms with Crippen molar-refractivity contribution >= 4 is 5.57 Å². The van der Waals surface area contributed by atoms with Crippen LogP contribution in [0.5, 0.6) is 5.75 Å². The van der Waals surface area contributed by atoms with Gasteiger partial charge < -0.3 is 19.7 Å². The molecule has 3 aromatic carbocycles. The molecule has 0 aliphatic carbocycles. The topological polar surface area (TPSA) is 44.8 Å². The van der Waals surface area contributed by atoms with Gasteiger partial charge in [0.2, 0.25) is 0 Å². The van der Waals surface area contributed by atoms with Crippen molar-refractivity contribution in [1.29, 1.82) is 0 Å². The fourth-order valence-electron chi connectivity index (χ4n) is 4.58. The molecule has 0 aromatic heterocycles. The predicted molar refractivity (Wildman–Crippen MR) is 122 cm³/mol. The third kappa shape index (κ3) is 4.27. The van der Waals surface area contributed by atoms with E-state index in [0.717, 1.165) is 57.2 Å². The Balaban J connectivity index is 1.53. The number of allylic oxidation sites excluding steroid dienone is 1. The molecule has 0 unspecified atom stereocenters. The molecule has 5 heteroatoms. The Hall–Kier alpha value is -3.15. The van der Waals surface area contributed by atoms with Gasteiger partial charge in [-0.1, -0.05) is 48.5 Å². The molecule has 5 rings (SSSR count). The molecule has 32 heavy (non-hydrogen) atoms. The molecule has 0 spiro atoms. The molecule has 2 aliphatic heterocycles. The van der Waals surface area contributed by atoms with Crippen LogP contribution in [0.3, 0.4) is 0 Å². The van der Waals surface area contributed by atoms with Gasteiger partial charge in [0.15, 0.2) is 0 Å². The summed E-state index contributed by atoms with van der Waals surface area (Å²) in [6, 6.07) is 22.3. The summed E-state index contributed by atoms with van der Waals surface area (Å²) in [6.07, 6.45) is 1.62. The van der Waals surface area contributed by atoms with E-state index in [1.807, 2.05) is 48.5 Å². The van der Waals surface area contributed by atoms with Crippen molar-refractivity contribution < 1.29 is 13.9 Å². The predicted octanol–water partition coefficient (Wildman–Crippen LogP) is 5.90. The lowest BCUT2D eigenvalue weighted by Crippen LogP contribution is -2.30. The Labute approximate surface area is 187 Å². The number of benzene rings is 3. The fraction of sp³-hybridized carbons (Fsp3) is 0.259. The van der Waals surface area contributed by atoms with Crippen LogP contribution >= 0.6 is 0 Å². The van der Waals surface area contributed by atoms with Gasteiger partial charge in [0, 0.05) is 36.9 Å². The highest BCUT2D eigenvalue weighted by Crippen LogP contribution is 2.42. The average molecular weight is 430 g/mol. The van der Waals surface area contributed by atoms with E-state index in [9.17, 15) is 9.60 Å². The lowest BCUT2D eigenvalue weighted by atomic mass is 9.83. The van der Waals surface area contributed by atoms with Crippen molar-refractivity contribution in [3.05, 3.63) is 112 Å². The van der Waals surface area contributed by atoms with Gasteiger partial charge >= 0.3 is 0 Å². The smallest absolute Gasteiger partial charge is 0.123 e. The summed E-state index contributed by atoms with van der Waals surface area (Å²) in [5.74, 6) is 0.569. The maximum atomic E-state index is 13.6. The third-order valence-corrected chi connectivity index (χ3v) is 6.17. The molecule has 0 atom stereocenters. The Morgan fingerprint density at radius 3 is 2.47 bits per heavy atom. The van der Waals surface area contributed by atoms with Crippen LogP contribution in [0.15, 0.2) is 78.5 Å². The van der Waals surface area contributed by atoms with Gasteiger partial charge in [-0.25, -0.2) is 4.39 Å². The molecule has 0 radical (unpaired) electrons. The van der Waals surface area contributed by atoms with Crippen molar-refractivity contribution in [3.8, 4) is 5.75 Å². The standard InChI is InChI=1S/C27H25FNO3/c28-23-8-6-20(7-9-23)26-25-11-10-24(32-18-19-4-2-1-3-5-19)16-22(25)17-29(30)27(26)21-12-14-31-15-13-21/h1-11,16,21H,12-15,17-18H2/q-1. The minimum absolute atomic E-state index is 0.128. The molecule has 2 aliphatic rings. The second-order valence-electron chi connectivity index (χ2n) is 8.28. The van der Waals surface area contributed by atoms with Crippen molar-refractivity contribution in [3.63, 3.8) is 0 Å². The van der Waals surface area contributed by atoms with E-state index in [4.69, 9.17) is 9.47 Å². The van der Waals surface area contributed by atoms with Crippen LogP contribution in [0.4, 0.5) is 4.39 Å². The third-order valence-electron chi connectivity index (χ3n) is 6.17. The lowest BCUT2D eigenvalue weighted by Gasteiger charge is -2.44. The van der Waals surface area contributed by atoms with E-state index in [0.29, 0.717) is 19.8 Å². The van der Waals surface area contributed by atoms with Crippen molar-refractivity contribution in [1.82, 2.24) is 5.06 Å². The molecule has 3 aromatic rings. The van der Waals surface area contributed by atoms with Crippen LogP contribution in [0.2, 0.25) is 0 Å². The molecular formula is C27H25FNO3-. The molecule has 0 saturated carbocycles. The van der Waals surface area contributed by atoms with Crippen LogP contribution in [-0.2, 0) is 17.9 Å². The Kier molecular flexibility index (Phi) is 5.93. The summed E-state index contributed by atoms with van der Waals surface area (Å²) in [5.41, 5.74) is 5.54. The Bertz CT molecular complexity index is 1110. The number of nitrogens with zero attached hydrogens (tertiary/aromatic N) is 1. The highest BCUT2D eigenvalue weighted by atomic mass is 19.1. The molecule has 0 N–H and O–H groups in total. The van der Waals surface area contributed by atoms with E-state index in [2.05, 4.69) is 0 Å². The number of rotatable bonds is 5. The monoisotopic (exact) mass is 430 g/mol. The van der Waals surface area contributed by atoms with E-state index in [1.165, 1.54) is 12.1 Å². The second-order valence-corrected chi connectivity index (χ2v) is 8.28. The molecular weight excluding hydrogens is 405 g/mol. The van der Waals surface area contributed by atoms with Crippen molar-refractivity contribution in [2.75, 3.05) is 13.2 Å². The molecule has 0 bridgehead atoms. The minimum atomic E-state index is -0.290. The van der Waals surface area contributed by atoms with Crippen LogP contribution in [0.25, 0.3) is 5.57 Å². The van der Waals surface area contributed by atoms with Gasteiger partial charge in [-0.2, -0.15) is 0 Å². The molecule has 4 nitrogen and oxygen atoms in total. The highest BCUT2D eigenvalue weighted by molar-refractivity contribution is 5.85. The first kappa shape index (κ1) is 20.7. The van der Waals surface area contributed by atoms with E-state index in [-0.39, 0.29) is 18.3 Å². The lowest BCUT2D eigenvalue weighted by molar-refractivity contribution is 0.0695. The van der Waals surface area contributed by atoms with Gasteiger partial charge in [-0.3, -0.25) is 0 Å². The molecule has 1 fully saturated rings. The highest BCUT2D eigenvalue weighted by Gasteiger charge is 2.29. The SMILES string of the molecule is [O-]N1Cc2cc(OCc3ccccc3)ccc2C(c2ccc(F)cc2)=C1C1CCOCC1. The quantitative estimate of drug-likeness (QED) is 0.505. The van der Waals surface area contributed by atoms with E-state index in [1.54, 1.807) is 12.1 Å². The van der Waals surface area contributed by atoms with Gasteiger partial charge in [-0.05, 0) is 59.4 Å². The van der Waals surface area contributed by atoms with Crippen molar-refractivity contribution in [2.24, 2.45) is 5.92 Å². The summed E-state index contributed by atoms with van der Waals surface area (Å²) in [5, 5.41) is 14.4. The first-order valence-corrected chi connectivity index (χ1v) is 11.0. The first-order chi connectivity index (χ1) is 15.7. The van der Waals surface area contributed by atoms with Gasteiger partial charge in [0.05, 0.1) is 0 Å². The number of hydrogen-bond acceptors (Lipinski definition) is 4. The summed E-state index contributed by atoms with van der Waals surface area (Å²) in [6.45, 7) is 2.04. The summed E-state index contributed by atoms with van der Waals surface area (Å²) in [7, 11) is 0. The number of ether oxygens (including phenoxy) is 2. The molecule has 1 saturated heterocycles. The Morgan fingerprint density at radius 1 is 0.969 bits per heavy atom. The fourth-order valence-corrected chi connectivity index (χ4v) is 4.58. The van der Waals surface area contributed by atoms with Gasteiger partial charge in [0.25, 0.3) is 0 Å². The molecule has 0 amide bonds. The number of halogens is 1. The van der Waals surface area contributed by atoms with Crippen LogP contribution in [-0.4, -0.2) is 18.3 Å². The average Bonchev–Trinajstić information content (AvgIpc) is 2.83. The first-order valence-electron chi connectivity index (χ1n) is 11.0. The van der Waals surface area contributed by atoms with Crippen LogP contribution in [0, 0.1) is 16.9 Å². The molecule has 164 valence electrons. The van der Waals surface area contributed by atoms with E-state index >= 15 is 0 Å². The van der Waals surface area contributed by atoms with Crippen LogP contribution < -0.4 is 4.74 Å².